The Morgan fingerprint density at radius 2 is 2.00 bits per heavy atom. The lowest BCUT2D eigenvalue weighted by Gasteiger charge is -2.72. The second-order valence-corrected chi connectivity index (χ2v) is 7.37. The third-order valence-corrected chi connectivity index (χ3v) is 7.30. The van der Waals surface area contributed by atoms with Crippen molar-refractivity contribution in [2.45, 2.75) is 18.5 Å². The molecule has 2 nitrogen and oxygen atoms in total. The predicted molar refractivity (Wildman–Crippen MR) is 70.1 cm³/mol. The van der Waals surface area contributed by atoms with Gasteiger partial charge in [0.05, 0.1) is 0 Å². The average molecular weight is 251 g/mol. The SMILES string of the molecule is O=C1C2C3CC4C2C2(NCc5ccccc5)C1C3C42. The van der Waals surface area contributed by atoms with E-state index in [0.29, 0.717) is 23.5 Å². The van der Waals surface area contributed by atoms with Crippen LogP contribution in [0.1, 0.15) is 12.0 Å². The molecule has 6 fully saturated rings. The molecule has 8 unspecified atom stereocenters. The molecule has 96 valence electrons. The van der Waals surface area contributed by atoms with Gasteiger partial charge in [-0.15, -0.1) is 0 Å². The van der Waals surface area contributed by atoms with E-state index in [1.165, 1.54) is 12.0 Å². The van der Waals surface area contributed by atoms with Crippen molar-refractivity contribution in [1.29, 1.82) is 0 Å². The molecule has 6 aliphatic rings. The maximum atomic E-state index is 12.5. The number of nitrogens with one attached hydrogen (secondary N) is 1. The lowest BCUT2D eigenvalue weighted by Crippen LogP contribution is -2.81. The number of carbonyl (C=O) groups is 1. The number of Topliss-reactive ketones (excluding diaryl/α,β-unsaturated/α-hetero) is 1. The van der Waals surface area contributed by atoms with E-state index < -0.39 is 0 Å². The number of hydrogen-bond donors (Lipinski definition) is 1. The Hall–Kier alpha value is -1.15. The summed E-state index contributed by atoms with van der Waals surface area (Å²) in [6, 6.07) is 10.6. The van der Waals surface area contributed by atoms with Crippen LogP contribution in [0.4, 0.5) is 0 Å². The van der Waals surface area contributed by atoms with Gasteiger partial charge < -0.3 is 5.32 Å². The van der Waals surface area contributed by atoms with Crippen LogP contribution in [0.3, 0.4) is 0 Å². The molecule has 0 radical (unpaired) electrons. The van der Waals surface area contributed by atoms with Crippen LogP contribution in [0.25, 0.3) is 0 Å². The van der Waals surface area contributed by atoms with Crippen LogP contribution in [0.15, 0.2) is 30.3 Å². The van der Waals surface area contributed by atoms with E-state index >= 15 is 0 Å². The summed E-state index contributed by atoms with van der Waals surface area (Å²) in [7, 11) is 0. The molecule has 1 N–H and O–H groups in total. The highest BCUT2D eigenvalue weighted by molar-refractivity contribution is 5.95. The van der Waals surface area contributed by atoms with Crippen LogP contribution >= 0.6 is 0 Å². The fourth-order valence-electron chi connectivity index (χ4n) is 7.17. The lowest BCUT2D eigenvalue weighted by atomic mass is 9.36. The molecule has 6 aliphatic carbocycles. The standard InChI is InChI=1S/C17H17NO/c19-16-12-9-6-10-13-11(9)15(16)17(13,14(10)12)18-7-8-4-2-1-3-5-8/h1-5,9-15,18H,6-7H2. The van der Waals surface area contributed by atoms with Crippen molar-refractivity contribution in [1.82, 2.24) is 5.32 Å². The number of rotatable bonds is 3. The van der Waals surface area contributed by atoms with Gasteiger partial charge in [0.2, 0.25) is 0 Å². The van der Waals surface area contributed by atoms with Crippen LogP contribution in [-0.4, -0.2) is 11.3 Å². The summed E-state index contributed by atoms with van der Waals surface area (Å²) in [4.78, 5) is 12.5. The molecule has 19 heavy (non-hydrogen) atoms. The third-order valence-electron chi connectivity index (χ3n) is 7.30. The predicted octanol–water partition coefficient (Wildman–Crippen LogP) is 1.86. The number of hydrogen-bond acceptors (Lipinski definition) is 2. The van der Waals surface area contributed by atoms with E-state index in [4.69, 9.17) is 0 Å². The van der Waals surface area contributed by atoms with Crippen LogP contribution in [0.2, 0.25) is 0 Å². The minimum atomic E-state index is 0.250. The second kappa shape index (κ2) is 2.67. The van der Waals surface area contributed by atoms with Gasteiger partial charge in [0.25, 0.3) is 0 Å². The van der Waals surface area contributed by atoms with Gasteiger partial charge in [-0.05, 0) is 41.6 Å². The minimum absolute atomic E-state index is 0.250. The van der Waals surface area contributed by atoms with E-state index in [9.17, 15) is 4.79 Å². The van der Waals surface area contributed by atoms with E-state index in [1.54, 1.807) is 0 Å². The highest BCUT2D eigenvalue weighted by atomic mass is 16.1. The smallest absolute Gasteiger partial charge is 0.141 e. The quantitative estimate of drug-likeness (QED) is 0.888. The second-order valence-electron chi connectivity index (χ2n) is 7.37. The molecule has 0 aliphatic heterocycles. The maximum Gasteiger partial charge on any atom is 0.141 e. The molecule has 4 bridgehead atoms. The Morgan fingerprint density at radius 3 is 2.79 bits per heavy atom. The molecule has 2 heteroatoms. The van der Waals surface area contributed by atoms with Gasteiger partial charge >= 0.3 is 0 Å². The van der Waals surface area contributed by atoms with Crippen LogP contribution in [0, 0.1) is 41.4 Å². The first-order valence-electron chi connectivity index (χ1n) is 7.67. The Kier molecular flexibility index (Phi) is 1.36. The lowest BCUT2D eigenvalue weighted by molar-refractivity contribution is -0.213. The Bertz CT molecular complexity index is 611. The van der Waals surface area contributed by atoms with Crippen molar-refractivity contribution in [2.24, 2.45) is 41.4 Å². The first kappa shape index (κ1) is 9.71. The van der Waals surface area contributed by atoms with Gasteiger partial charge in [-0.1, -0.05) is 30.3 Å². The third kappa shape index (κ3) is 0.740. The van der Waals surface area contributed by atoms with Crippen molar-refractivity contribution in [3.05, 3.63) is 35.9 Å². The van der Waals surface area contributed by atoms with Crippen molar-refractivity contribution >= 4 is 5.78 Å². The van der Waals surface area contributed by atoms with E-state index in [0.717, 1.165) is 30.2 Å². The fraction of sp³-hybridized carbons (Fsp3) is 0.588. The van der Waals surface area contributed by atoms with E-state index in [1.807, 2.05) is 0 Å². The Morgan fingerprint density at radius 1 is 1.16 bits per heavy atom. The molecule has 0 heterocycles. The first-order chi connectivity index (χ1) is 9.34. The van der Waals surface area contributed by atoms with Gasteiger partial charge in [0, 0.05) is 23.9 Å². The van der Waals surface area contributed by atoms with Crippen LogP contribution in [-0.2, 0) is 11.3 Å². The van der Waals surface area contributed by atoms with Gasteiger partial charge in [-0.2, -0.15) is 0 Å². The largest absolute Gasteiger partial charge is 0.306 e. The normalized spacial score (nSPS) is 57.5. The van der Waals surface area contributed by atoms with E-state index in [2.05, 4.69) is 35.6 Å². The van der Waals surface area contributed by atoms with Gasteiger partial charge in [0.1, 0.15) is 5.78 Å². The molecule has 0 aromatic heterocycles. The van der Waals surface area contributed by atoms with Crippen LogP contribution in [0.5, 0.6) is 0 Å². The van der Waals surface area contributed by atoms with Crippen molar-refractivity contribution < 1.29 is 4.79 Å². The average Bonchev–Trinajstić information content (AvgIpc) is 2.95. The summed E-state index contributed by atoms with van der Waals surface area (Å²) < 4.78 is 0. The number of ketones is 1. The van der Waals surface area contributed by atoms with Crippen molar-refractivity contribution in [2.75, 3.05) is 0 Å². The van der Waals surface area contributed by atoms with Crippen molar-refractivity contribution in [3.8, 4) is 0 Å². The van der Waals surface area contributed by atoms with Crippen molar-refractivity contribution in [3.63, 3.8) is 0 Å². The fourth-order valence-corrected chi connectivity index (χ4v) is 7.17. The zero-order chi connectivity index (χ0) is 12.4. The molecule has 8 atom stereocenters. The molecule has 1 aromatic rings. The number of carbonyl (C=O) groups excluding carboxylic acids is 1. The monoisotopic (exact) mass is 251 g/mol. The highest BCUT2D eigenvalue weighted by Crippen LogP contribution is 2.88. The summed E-state index contributed by atoms with van der Waals surface area (Å²) >= 11 is 0. The summed E-state index contributed by atoms with van der Waals surface area (Å²) in [5.41, 5.74) is 1.60. The van der Waals surface area contributed by atoms with Gasteiger partial charge in [-0.3, -0.25) is 4.79 Å². The summed E-state index contributed by atoms with van der Waals surface area (Å²) in [6.45, 7) is 0.939. The molecular weight excluding hydrogens is 234 g/mol. The highest BCUT2D eigenvalue weighted by Gasteiger charge is 2.93. The first-order valence-corrected chi connectivity index (χ1v) is 7.67. The topological polar surface area (TPSA) is 29.1 Å². The van der Waals surface area contributed by atoms with Crippen LogP contribution < -0.4 is 5.32 Å². The molecule has 6 saturated carbocycles. The molecule has 0 spiro atoms. The summed E-state index contributed by atoms with van der Waals surface area (Å²) in [5.74, 6) is 5.58. The number of benzene rings is 1. The van der Waals surface area contributed by atoms with Gasteiger partial charge in [0.15, 0.2) is 0 Å². The zero-order valence-corrected chi connectivity index (χ0v) is 10.8. The maximum absolute atomic E-state index is 12.5. The summed E-state index contributed by atoms with van der Waals surface area (Å²) in [5, 5.41) is 3.84. The Labute approximate surface area is 112 Å². The summed E-state index contributed by atoms with van der Waals surface area (Å²) in [6.07, 6.45) is 1.38. The molecule has 0 amide bonds. The molecule has 7 rings (SSSR count). The zero-order valence-electron chi connectivity index (χ0n) is 10.8. The molecule has 0 saturated heterocycles. The Balaban J connectivity index is 1.35. The minimum Gasteiger partial charge on any atom is -0.306 e. The van der Waals surface area contributed by atoms with E-state index in [-0.39, 0.29) is 5.54 Å². The van der Waals surface area contributed by atoms with Gasteiger partial charge in [-0.25, -0.2) is 0 Å². The molecule has 1 aromatic carbocycles. The molecular formula is C17H17NO.